The average molecular weight is 463 g/mol. The van der Waals surface area contributed by atoms with Crippen LogP contribution in [0.4, 0.5) is 0 Å². The van der Waals surface area contributed by atoms with Gasteiger partial charge < -0.3 is 0 Å². The molecule has 6 aromatic rings. The van der Waals surface area contributed by atoms with Crippen LogP contribution in [0.15, 0.2) is 127 Å². The van der Waals surface area contributed by atoms with E-state index >= 15 is 0 Å². The molecule has 1 unspecified atom stereocenters. The maximum Gasteiger partial charge on any atom is 0.0435 e. The quantitative estimate of drug-likeness (QED) is 0.181. The van der Waals surface area contributed by atoms with Crippen molar-refractivity contribution in [1.29, 1.82) is 0 Å². The molecule has 0 amide bonds. The van der Waals surface area contributed by atoms with Gasteiger partial charge in [0, 0.05) is 5.41 Å². The second-order valence-electron chi connectivity index (χ2n) is 10.0. The van der Waals surface area contributed by atoms with Crippen LogP contribution in [0.1, 0.15) is 34.7 Å². The Bertz CT molecular complexity index is 1710. The molecule has 0 aliphatic carbocycles. The van der Waals surface area contributed by atoms with E-state index in [1.54, 1.807) is 0 Å². The van der Waals surface area contributed by atoms with Crippen molar-refractivity contribution >= 4 is 21.5 Å². The third-order valence-electron chi connectivity index (χ3n) is 7.80. The summed E-state index contributed by atoms with van der Waals surface area (Å²) in [6, 6.07) is 46.8. The Morgan fingerprint density at radius 2 is 1.11 bits per heavy atom. The molecule has 0 fully saturated rings. The van der Waals surface area contributed by atoms with E-state index < -0.39 is 0 Å². The minimum Gasteiger partial charge on any atom is -0.0622 e. The van der Waals surface area contributed by atoms with Crippen molar-refractivity contribution in [1.82, 2.24) is 0 Å². The van der Waals surface area contributed by atoms with Gasteiger partial charge in [0.1, 0.15) is 0 Å². The summed E-state index contributed by atoms with van der Waals surface area (Å²) in [5, 5.41) is 5.18. The van der Waals surface area contributed by atoms with Gasteiger partial charge in [0.25, 0.3) is 0 Å². The first-order valence-corrected chi connectivity index (χ1v) is 12.7. The molecule has 0 aliphatic heterocycles. The fourth-order valence-electron chi connectivity index (χ4n) is 5.97. The molecule has 0 heteroatoms. The summed E-state index contributed by atoms with van der Waals surface area (Å²) in [6.07, 6.45) is 0. The number of rotatable bonds is 4. The Hall–Kier alpha value is -4.16. The zero-order valence-electron chi connectivity index (χ0n) is 21.1. The summed E-state index contributed by atoms with van der Waals surface area (Å²) in [4.78, 5) is 0. The Kier molecular flexibility index (Phi) is 5.46. The molecule has 0 radical (unpaired) electrons. The summed E-state index contributed by atoms with van der Waals surface area (Å²) < 4.78 is 0. The van der Waals surface area contributed by atoms with Gasteiger partial charge in [-0.2, -0.15) is 0 Å². The van der Waals surface area contributed by atoms with Gasteiger partial charge in [-0.1, -0.05) is 127 Å². The topological polar surface area (TPSA) is 0 Å². The van der Waals surface area contributed by atoms with E-state index in [9.17, 15) is 0 Å². The van der Waals surface area contributed by atoms with E-state index in [0.29, 0.717) is 0 Å². The average Bonchev–Trinajstić information content (AvgIpc) is 2.93. The van der Waals surface area contributed by atoms with E-state index in [2.05, 4.69) is 148 Å². The number of hydrogen-bond acceptors (Lipinski definition) is 0. The van der Waals surface area contributed by atoms with Crippen LogP contribution in [0.2, 0.25) is 0 Å². The molecular formula is C36H30. The highest BCUT2D eigenvalue weighted by atomic mass is 14.4. The fourth-order valence-corrected chi connectivity index (χ4v) is 5.97. The van der Waals surface area contributed by atoms with Gasteiger partial charge in [0.05, 0.1) is 0 Å². The van der Waals surface area contributed by atoms with E-state index in [0.717, 1.165) is 0 Å². The molecule has 6 rings (SSSR count). The lowest BCUT2D eigenvalue weighted by Crippen LogP contribution is -2.26. The van der Waals surface area contributed by atoms with Gasteiger partial charge >= 0.3 is 0 Å². The standard InChI is InChI=1S/C36H30/c1-25-21-22-29(26(2)23-25)32-18-11-12-20-34(32)36(3,28-14-5-4-6-15-28)35-24-27-13-7-8-16-30(27)31-17-9-10-19-33(31)35/h4-24H,1-3H3. The first kappa shape index (κ1) is 22.3. The Labute approximate surface area is 213 Å². The Morgan fingerprint density at radius 3 is 1.89 bits per heavy atom. The number of hydrogen-bond donors (Lipinski definition) is 0. The van der Waals surface area contributed by atoms with Crippen molar-refractivity contribution in [2.24, 2.45) is 0 Å². The van der Waals surface area contributed by atoms with Crippen molar-refractivity contribution in [2.45, 2.75) is 26.2 Å². The molecule has 0 saturated heterocycles. The lowest BCUT2D eigenvalue weighted by atomic mass is 9.67. The number of benzene rings is 6. The van der Waals surface area contributed by atoms with Crippen LogP contribution in [0.25, 0.3) is 32.7 Å². The molecule has 0 bridgehead atoms. The summed E-state index contributed by atoms with van der Waals surface area (Å²) >= 11 is 0. The van der Waals surface area contributed by atoms with E-state index in [1.165, 1.54) is 60.5 Å². The zero-order valence-corrected chi connectivity index (χ0v) is 21.1. The molecular weight excluding hydrogens is 432 g/mol. The van der Waals surface area contributed by atoms with Crippen molar-refractivity contribution in [3.05, 3.63) is 155 Å². The van der Waals surface area contributed by atoms with Crippen LogP contribution in [0, 0.1) is 13.8 Å². The molecule has 6 aromatic carbocycles. The third-order valence-corrected chi connectivity index (χ3v) is 7.80. The smallest absolute Gasteiger partial charge is 0.0435 e. The van der Waals surface area contributed by atoms with Gasteiger partial charge in [-0.15, -0.1) is 0 Å². The van der Waals surface area contributed by atoms with E-state index in [-0.39, 0.29) is 5.41 Å². The van der Waals surface area contributed by atoms with Crippen LogP contribution in [0.3, 0.4) is 0 Å². The monoisotopic (exact) mass is 462 g/mol. The lowest BCUT2D eigenvalue weighted by Gasteiger charge is -2.35. The molecule has 174 valence electrons. The first-order valence-electron chi connectivity index (χ1n) is 12.7. The molecule has 1 atom stereocenters. The summed E-state index contributed by atoms with van der Waals surface area (Å²) in [5.41, 5.74) is 8.77. The van der Waals surface area contributed by atoms with Crippen LogP contribution in [-0.2, 0) is 5.41 Å². The van der Waals surface area contributed by atoms with Gasteiger partial charge in [-0.25, -0.2) is 0 Å². The van der Waals surface area contributed by atoms with Gasteiger partial charge in [0.2, 0.25) is 0 Å². The van der Waals surface area contributed by atoms with Crippen molar-refractivity contribution in [3.8, 4) is 11.1 Å². The van der Waals surface area contributed by atoms with Crippen LogP contribution < -0.4 is 0 Å². The van der Waals surface area contributed by atoms with Crippen LogP contribution >= 0.6 is 0 Å². The molecule has 0 saturated carbocycles. The van der Waals surface area contributed by atoms with Crippen LogP contribution in [0.5, 0.6) is 0 Å². The maximum absolute atomic E-state index is 2.42. The molecule has 0 spiro atoms. The Balaban J connectivity index is 1.75. The lowest BCUT2D eigenvalue weighted by molar-refractivity contribution is 0.702. The Morgan fingerprint density at radius 1 is 0.472 bits per heavy atom. The largest absolute Gasteiger partial charge is 0.0622 e. The molecule has 0 aliphatic rings. The predicted octanol–water partition coefficient (Wildman–Crippen LogP) is 9.63. The maximum atomic E-state index is 2.42. The van der Waals surface area contributed by atoms with E-state index in [4.69, 9.17) is 0 Å². The SMILES string of the molecule is Cc1ccc(-c2ccccc2C(C)(c2ccccc2)c2cc3ccccc3c3ccccc23)c(C)c1. The third kappa shape index (κ3) is 3.53. The zero-order chi connectivity index (χ0) is 24.7. The van der Waals surface area contributed by atoms with Crippen molar-refractivity contribution in [2.75, 3.05) is 0 Å². The normalized spacial score (nSPS) is 13.1. The minimum absolute atomic E-state index is 0.362. The van der Waals surface area contributed by atoms with Gasteiger partial charge in [-0.3, -0.25) is 0 Å². The molecule has 0 heterocycles. The molecule has 0 N–H and O–H groups in total. The van der Waals surface area contributed by atoms with Crippen molar-refractivity contribution < 1.29 is 0 Å². The van der Waals surface area contributed by atoms with E-state index in [1.807, 2.05) is 0 Å². The molecule has 0 nitrogen and oxygen atoms in total. The summed E-state index contributed by atoms with van der Waals surface area (Å²) in [7, 11) is 0. The number of fused-ring (bicyclic) bond motifs is 3. The second kappa shape index (κ2) is 8.81. The fraction of sp³-hybridized carbons (Fsp3) is 0.111. The summed E-state index contributed by atoms with van der Waals surface area (Å²) in [6.45, 7) is 6.80. The molecule has 36 heavy (non-hydrogen) atoms. The molecule has 0 aromatic heterocycles. The number of aryl methyl sites for hydroxylation is 2. The highest BCUT2D eigenvalue weighted by Crippen LogP contribution is 2.47. The highest BCUT2D eigenvalue weighted by molar-refractivity contribution is 6.09. The second-order valence-corrected chi connectivity index (χ2v) is 10.0. The van der Waals surface area contributed by atoms with Crippen molar-refractivity contribution in [3.63, 3.8) is 0 Å². The van der Waals surface area contributed by atoms with Crippen LogP contribution in [-0.4, -0.2) is 0 Å². The van der Waals surface area contributed by atoms with Gasteiger partial charge in [0.15, 0.2) is 0 Å². The summed E-state index contributed by atoms with van der Waals surface area (Å²) in [5.74, 6) is 0. The first-order chi connectivity index (χ1) is 17.6. The minimum atomic E-state index is -0.362. The highest BCUT2D eigenvalue weighted by Gasteiger charge is 2.35. The van der Waals surface area contributed by atoms with Gasteiger partial charge in [-0.05, 0) is 81.8 Å². The predicted molar refractivity (Wildman–Crippen MR) is 155 cm³/mol.